The molecule has 0 aromatic heterocycles. The molecule has 0 amide bonds. The Hall–Kier alpha value is -1.48. The van der Waals surface area contributed by atoms with Crippen LogP contribution in [0, 0.1) is 0 Å². The lowest BCUT2D eigenvalue weighted by molar-refractivity contribution is -0.512. The topological polar surface area (TPSA) is 21.5 Å². The molecule has 1 aromatic carbocycles. The van der Waals surface area contributed by atoms with Gasteiger partial charge in [0.05, 0.1) is 18.6 Å². The predicted octanol–water partition coefficient (Wildman–Crippen LogP) is 9.02. The van der Waals surface area contributed by atoms with E-state index in [1.54, 1.807) is 0 Å². The Kier molecular flexibility index (Phi) is 17.6. The summed E-state index contributed by atoms with van der Waals surface area (Å²) in [6, 6.07) is 8.31. The van der Waals surface area contributed by atoms with E-state index in [-0.39, 0.29) is 0 Å². The summed E-state index contributed by atoms with van der Waals surface area (Å²) in [6.45, 7) is 5.58. The average Bonchev–Trinajstić information content (AvgIpc) is 3.32. The lowest BCUT2D eigenvalue weighted by atomic mass is 10.0. The molecule has 0 atom stereocenters. The van der Waals surface area contributed by atoms with Crippen LogP contribution in [-0.2, 0) is 4.74 Å². The number of rotatable bonds is 22. The molecule has 198 valence electrons. The van der Waals surface area contributed by atoms with Crippen LogP contribution in [0.5, 0.6) is 5.75 Å². The zero-order valence-electron chi connectivity index (χ0n) is 22.5. The maximum atomic E-state index is 5.93. The van der Waals surface area contributed by atoms with Gasteiger partial charge in [-0.25, -0.2) is 0 Å². The summed E-state index contributed by atoms with van der Waals surface area (Å²) in [7, 11) is 0. The fourth-order valence-corrected chi connectivity index (χ4v) is 4.83. The van der Waals surface area contributed by atoms with Gasteiger partial charge >= 0.3 is 5.90 Å². The maximum Gasteiger partial charge on any atom is 0.362 e. The standard InChI is InChI=1S/C31H51ClNO2/c1-2-3-4-5-6-7-8-9-10-11-12-13-14-15-16-17-27-34-30-21-18-29(19-22-30)20-23-31-33(25-24-32)26-28-35-31/h18-23H,2-17,24-28H2,1H3/q+1/b23-20+. The van der Waals surface area contributed by atoms with Crippen LogP contribution in [0.1, 0.15) is 115 Å². The molecule has 0 aliphatic carbocycles. The Morgan fingerprint density at radius 2 is 1.31 bits per heavy atom. The molecule has 0 saturated carbocycles. The van der Waals surface area contributed by atoms with E-state index in [0.717, 1.165) is 49.9 Å². The molecule has 4 heteroatoms. The van der Waals surface area contributed by atoms with Gasteiger partial charge in [-0.15, -0.1) is 11.6 Å². The summed E-state index contributed by atoms with van der Waals surface area (Å²) in [5.41, 5.74) is 1.15. The third kappa shape index (κ3) is 14.6. The van der Waals surface area contributed by atoms with E-state index < -0.39 is 0 Å². The first-order chi connectivity index (χ1) is 17.3. The molecule has 1 heterocycles. The summed E-state index contributed by atoms with van der Waals surface area (Å²) < 4.78 is 13.8. The van der Waals surface area contributed by atoms with Gasteiger partial charge in [-0.2, -0.15) is 4.58 Å². The Labute approximate surface area is 220 Å². The van der Waals surface area contributed by atoms with E-state index >= 15 is 0 Å². The highest BCUT2D eigenvalue weighted by molar-refractivity contribution is 6.18. The van der Waals surface area contributed by atoms with Crippen molar-refractivity contribution >= 4 is 23.6 Å². The number of hydrogen-bond acceptors (Lipinski definition) is 2. The summed E-state index contributed by atoms with van der Waals surface area (Å²) in [6.07, 6.45) is 26.4. The second kappa shape index (κ2) is 20.7. The number of benzene rings is 1. The van der Waals surface area contributed by atoms with Crippen molar-refractivity contribution in [1.29, 1.82) is 0 Å². The van der Waals surface area contributed by atoms with Crippen LogP contribution in [0.25, 0.3) is 6.08 Å². The van der Waals surface area contributed by atoms with Gasteiger partial charge in [0, 0.05) is 0 Å². The molecule has 0 N–H and O–H groups in total. The predicted molar refractivity (Wildman–Crippen MR) is 152 cm³/mol. The third-order valence-corrected chi connectivity index (χ3v) is 7.01. The number of ether oxygens (including phenoxy) is 2. The summed E-state index contributed by atoms with van der Waals surface area (Å²) in [4.78, 5) is 0. The number of halogens is 1. The van der Waals surface area contributed by atoms with Crippen molar-refractivity contribution in [2.75, 3.05) is 32.2 Å². The SMILES string of the molecule is CCCCCCCCCCCCCCCCCCOc1ccc(/C=C/C2=[N+](CCCl)CCO2)cc1. The van der Waals surface area contributed by atoms with Gasteiger partial charge < -0.3 is 9.47 Å². The molecule has 1 aromatic rings. The van der Waals surface area contributed by atoms with Crippen LogP contribution in [0.15, 0.2) is 30.3 Å². The third-order valence-electron chi connectivity index (χ3n) is 6.84. The van der Waals surface area contributed by atoms with Crippen LogP contribution in [-0.4, -0.2) is 42.7 Å². The van der Waals surface area contributed by atoms with Crippen LogP contribution >= 0.6 is 11.6 Å². The normalized spacial score (nSPS) is 13.7. The van der Waals surface area contributed by atoms with Crippen molar-refractivity contribution in [3.8, 4) is 5.75 Å². The highest BCUT2D eigenvalue weighted by Crippen LogP contribution is 2.16. The molecule has 0 bridgehead atoms. The molecular formula is C31H51ClNO2+. The Morgan fingerprint density at radius 1 is 0.771 bits per heavy atom. The van der Waals surface area contributed by atoms with E-state index in [1.807, 2.05) is 6.08 Å². The lowest BCUT2D eigenvalue weighted by Crippen LogP contribution is -2.16. The molecule has 1 aliphatic heterocycles. The Bertz CT molecular complexity index is 698. The lowest BCUT2D eigenvalue weighted by Gasteiger charge is -2.06. The second-order valence-electron chi connectivity index (χ2n) is 9.92. The Balaban J connectivity index is 1.40. The van der Waals surface area contributed by atoms with Gasteiger partial charge in [-0.1, -0.05) is 115 Å². The number of unbranched alkanes of at least 4 members (excludes halogenated alkanes) is 15. The Morgan fingerprint density at radius 3 is 1.86 bits per heavy atom. The smallest absolute Gasteiger partial charge is 0.362 e. The molecule has 0 radical (unpaired) electrons. The van der Waals surface area contributed by atoms with Gasteiger partial charge in [0.25, 0.3) is 0 Å². The van der Waals surface area contributed by atoms with E-state index in [9.17, 15) is 0 Å². The van der Waals surface area contributed by atoms with Crippen molar-refractivity contribution in [3.05, 3.63) is 35.9 Å². The first-order valence-corrected chi connectivity index (χ1v) is 15.1. The molecular weight excluding hydrogens is 454 g/mol. The van der Waals surface area contributed by atoms with Crippen molar-refractivity contribution in [3.63, 3.8) is 0 Å². The number of nitrogens with zero attached hydrogens (tertiary/aromatic N) is 1. The van der Waals surface area contributed by atoms with Crippen molar-refractivity contribution in [2.45, 2.75) is 110 Å². The van der Waals surface area contributed by atoms with E-state index in [4.69, 9.17) is 21.1 Å². The molecule has 35 heavy (non-hydrogen) atoms. The quantitative estimate of drug-likeness (QED) is 0.0891. The summed E-state index contributed by atoms with van der Waals surface area (Å²) in [5.74, 6) is 2.48. The van der Waals surface area contributed by atoms with Crippen molar-refractivity contribution in [2.24, 2.45) is 0 Å². The van der Waals surface area contributed by atoms with Gasteiger partial charge in [0.2, 0.25) is 0 Å². The first-order valence-electron chi connectivity index (χ1n) is 14.5. The van der Waals surface area contributed by atoms with Crippen molar-refractivity contribution in [1.82, 2.24) is 0 Å². The van der Waals surface area contributed by atoms with E-state index in [2.05, 4.69) is 41.8 Å². The fourth-order valence-electron chi connectivity index (χ4n) is 4.62. The second-order valence-corrected chi connectivity index (χ2v) is 10.3. The molecule has 0 saturated heterocycles. The average molecular weight is 505 g/mol. The minimum atomic E-state index is 0.617. The van der Waals surface area contributed by atoms with Gasteiger partial charge in [-0.3, -0.25) is 0 Å². The molecule has 3 nitrogen and oxygen atoms in total. The van der Waals surface area contributed by atoms with Crippen molar-refractivity contribution < 1.29 is 14.0 Å². The number of hydrogen-bond donors (Lipinski definition) is 0. The summed E-state index contributed by atoms with van der Waals surface area (Å²) >= 11 is 5.86. The minimum absolute atomic E-state index is 0.617. The van der Waals surface area contributed by atoms with Gasteiger partial charge in [0.15, 0.2) is 19.7 Å². The molecule has 0 unspecified atom stereocenters. The van der Waals surface area contributed by atoms with E-state index in [0.29, 0.717) is 5.88 Å². The van der Waals surface area contributed by atoms with Crippen LogP contribution in [0.4, 0.5) is 0 Å². The maximum absolute atomic E-state index is 5.93. The van der Waals surface area contributed by atoms with Gasteiger partial charge in [-0.05, 0) is 30.2 Å². The van der Waals surface area contributed by atoms with Crippen LogP contribution in [0.3, 0.4) is 0 Å². The number of alkyl halides is 1. The highest BCUT2D eigenvalue weighted by atomic mass is 35.5. The first kappa shape index (κ1) is 29.7. The van der Waals surface area contributed by atoms with Crippen LogP contribution in [0.2, 0.25) is 0 Å². The zero-order chi connectivity index (χ0) is 24.8. The van der Waals surface area contributed by atoms with Crippen LogP contribution < -0.4 is 4.74 Å². The molecule has 1 aliphatic rings. The van der Waals surface area contributed by atoms with E-state index in [1.165, 1.54) is 96.3 Å². The summed E-state index contributed by atoms with van der Waals surface area (Å²) in [5, 5.41) is 0. The largest absolute Gasteiger partial charge is 0.494 e. The zero-order valence-corrected chi connectivity index (χ0v) is 23.2. The highest BCUT2D eigenvalue weighted by Gasteiger charge is 2.20. The molecule has 0 fully saturated rings. The fraction of sp³-hybridized carbons (Fsp3) is 0.710. The molecule has 2 rings (SSSR count). The minimum Gasteiger partial charge on any atom is -0.494 e. The monoisotopic (exact) mass is 504 g/mol. The van der Waals surface area contributed by atoms with Gasteiger partial charge in [0.1, 0.15) is 5.75 Å². The molecule has 0 spiro atoms.